The van der Waals surface area contributed by atoms with E-state index in [0.717, 1.165) is 0 Å². The van der Waals surface area contributed by atoms with Gasteiger partial charge >= 0.3 is 6.09 Å². The van der Waals surface area contributed by atoms with Crippen LogP contribution in [0.15, 0.2) is 53.7 Å². The topological polar surface area (TPSA) is 152 Å². The van der Waals surface area contributed by atoms with Crippen molar-refractivity contribution in [2.75, 3.05) is 38.7 Å². The number of nitrogens with zero attached hydrogens (tertiary/aromatic N) is 4. The predicted molar refractivity (Wildman–Crippen MR) is 179 cm³/mol. The molecular weight excluding hydrogens is 632 g/mol. The Morgan fingerprint density at radius 2 is 1.98 bits per heavy atom. The van der Waals surface area contributed by atoms with Gasteiger partial charge in [-0.05, 0) is 60.5 Å². The van der Waals surface area contributed by atoms with Crippen LogP contribution in [-0.4, -0.2) is 72.3 Å². The Labute approximate surface area is 279 Å². The zero-order valence-electron chi connectivity index (χ0n) is 25.9. The average molecular weight is 674 g/mol. The third-order valence-corrected chi connectivity index (χ3v) is 7.60. The van der Waals surface area contributed by atoms with Gasteiger partial charge in [0.1, 0.15) is 24.1 Å². The van der Waals surface area contributed by atoms with E-state index in [2.05, 4.69) is 25.9 Å². The summed E-state index contributed by atoms with van der Waals surface area (Å²) in [5.41, 5.74) is 0.0357. The summed E-state index contributed by atoms with van der Waals surface area (Å²) in [5, 5.41) is 27.8. The summed E-state index contributed by atoms with van der Waals surface area (Å²) in [6.07, 6.45) is 3.68. The Hall–Kier alpha value is -4.54. The first-order valence-electron chi connectivity index (χ1n) is 14.6. The number of hydrogen-bond acceptors (Lipinski definition) is 7. The van der Waals surface area contributed by atoms with E-state index in [1.54, 1.807) is 19.2 Å². The molecule has 3 aromatic rings. The molecule has 2 amide bonds. The Kier molecular flexibility index (Phi) is 15.3. The summed E-state index contributed by atoms with van der Waals surface area (Å²) in [7, 11) is 1.59. The number of rotatable bonds is 14. The molecule has 0 saturated heterocycles. The fourth-order valence-corrected chi connectivity index (χ4v) is 4.55. The van der Waals surface area contributed by atoms with Crippen molar-refractivity contribution in [2.24, 2.45) is 10.4 Å². The van der Waals surface area contributed by atoms with Crippen molar-refractivity contribution in [3.8, 4) is 6.19 Å². The standard InChI is InChI=1S/C32H38ClF2N7O4.CH4/c1-32(2,19-43)18-39-30(40-20-36)37-13-5-7-25(42(3)28(44)12-10-21-6-4-8-26(35)29(21)33)17-46-31(45)41-27-15-23-14-24(34)11-9-22(23)16-38-27;/h4,6,8-9,11,14-16,25,43H,5,7,10,12-13,17-19H2,1-3H3,(H2,37,39,40)(H,38,41,45);1H4/t25-;/m0./s1. The maximum absolute atomic E-state index is 13.9. The number of likely N-dealkylation sites (N-methyl/N-ethyl adjacent to an activating group) is 1. The molecule has 0 aliphatic rings. The molecule has 0 aliphatic carbocycles. The number of nitrogens with one attached hydrogen (secondary N) is 3. The molecule has 1 atom stereocenters. The second-order valence-corrected chi connectivity index (χ2v) is 11.8. The number of guanidine groups is 1. The van der Waals surface area contributed by atoms with E-state index >= 15 is 0 Å². The SMILES string of the molecule is C.CN(C(=O)CCc1cccc(F)c1Cl)[C@@H](CCCNC(=NCC(C)(C)CO)NC#N)COC(=O)Nc1cc2cc(F)ccc2cn1. The zero-order valence-corrected chi connectivity index (χ0v) is 26.7. The fourth-order valence-electron chi connectivity index (χ4n) is 4.32. The maximum atomic E-state index is 13.9. The van der Waals surface area contributed by atoms with Gasteiger partial charge in [-0.1, -0.05) is 45.0 Å². The van der Waals surface area contributed by atoms with E-state index in [0.29, 0.717) is 35.7 Å². The highest BCUT2D eigenvalue weighted by Gasteiger charge is 2.23. The number of aliphatic hydroxyl groups excluding tert-OH is 1. The van der Waals surface area contributed by atoms with Crippen LogP contribution in [0, 0.1) is 28.5 Å². The molecule has 0 radical (unpaired) electrons. The van der Waals surface area contributed by atoms with E-state index in [9.17, 15) is 23.5 Å². The number of fused-ring (bicyclic) bond motifs is 1. The van der Waals surface area contributed by atoms with Gasteiger partial charge in [-0.3, -0.25) is 20.4 Å². The Morgan fingerprint density at radius 3 is 2.70 bits per heavy atom. The number of aromatic nitrogens is 1. The fraction of sp³-hybridized carbons (Fsp3) is 0.424. The Balaban J connectivity index is 0.00000768. The first kappa shape index (κ1) is 38.6. The van der Waals surface area contributed by atoms with E-state index in [1.165, 1.54) is 41.4 Å². The summed E-state index contributed by atoms with van der Waals surface area (Å²) >= 11 is 6.06. The van der Waals surface area contributed by atoms with Crippen molar-refractivity contribution in [3.63, 3.8) is 0 Å². The number of carbonyl (C=O) groups excluding carboxylic acids is 2. The molecule has 0 bridgehead atoms. The molecule has 2 aromatic carbocycles. The van der Waals surface area contributed by atoms with Crippen molar-refractivity contribution in [2.45, 2.75) is 53.0 Å². The number of ether oxygens (including phenoxy) is 1. The second kappa shape index (κ2) is 18.6. The van der Waals surface area contributed by atoms with Crippen LogP contribution >= 0.6 is 11.6 Å². The smallest absolute Gasteiger partial charge is 0.412 e. The van der Waals surface area contributed by atoms with Crippen LogP contribution in [-0.2, 0) is 16.0 Å². The first-order chi connectivity index (χ1) is 21.9. The van der Waals surface area contributed by atoms with Crippen LogP contribution in [0.2, 0.25) is 5.02 Å². The number of benzene rings is 2. The Bertz CT molecular complexity index is 1580. The molecule has 0 aliphatic heterocycles. The molecule has 0 saturated carbocycles. The van der Waals surface area contributed by atoms with E-state index in [-0.39, 0.29) is 62.7 Å². The van der Waals surface area contributed by atoms with Gasteiger partial charge in [0, 0.05) is 43.6 Å². The molecular formula is C33H42ClF2N7O4. The number of anilines is 1. The van der Waals surface area contributed by atoms with Crippen molar-refractivity contribution >= 4 is 46.2 Å². The third kappa shape index (κ3) is 12.3. The number of aliphatic hydroxyl groups is 1. The highest BCUT2D eigenvalue weighted by molar-refractivity contribution is 6.31. The molecule has 11 nitrogen and oxygen atoms in total. The van der Waals surface area contributed by atoms with Crippen molar-refractivity contribution in [1.82, 2.24) is 20.5 Å². The molecule has 1 aromatic heterocycles. The van der Waals surface area contributed by atoms with Crippen LogP contribution in [0.1, 0.15) is 46.1 Å². The number of aryl methyl sites for hydroxylation is 1. The van der Waals surface area contributed by atoms with Gasteiger partial charge in [0.05, 0.1) is 17.6 Å². The number of amides is 2. The Morgan fingerprint density at radius 1 is 1.21 bits per heavy atom. The lowest BCUT2D eigenvalue weighted by atomic mass is 9.95. The second-order valence-electron chi connectivity index (χ2n) is 11.4. The summed E-state index contributed by atoms with van der Waals surface area (Å²) in [4.78, 5) is 35.8. The van der Waals surface area contributed by atoms with Gasteiger partial charge in [-0.15, -0.1) is 0 Å². The van der Waals surface area contributed by atoms with Gasteiger partial charge in [0.2, 0.25) is 11.9 Å². The van der Waals surface area contributed by atoms with Gasteiger partial charge in [-0.2, -0.15) is 5.26 Å². The molecule has 4 N–H and O–H groups in total. The molecule has 0 unspecified atom stereocenters. The third-order valence-electron chi connectivity index (χ3n) is 7.18. The van der Waals surface area contributed by atoms with E-state index < -0.39 is 29.2 Å². The van der Waals surface area contributed by atoms with Crippen LogP contribution in [0.3, 0.4) is 0 Å². The lowest BCUT2D eigenvalue weighted by Gasteiger charge is -2.28. The van der Waals surface area contributed by atoms with Crippen molar-refractivity contribution < 1.29 is 28.2 Å². The maximum Gasteiger partial charge on any atom is 0.412 e. The molecule has 0 spiro atoms. The number of aliphatic imine (C=N–C) groups is 1. The summed E-state index contributed by atoms with van der Waals surface area (Å²) in [5.74, 6) is -0.839. The number of carbonyl (C=O) groups is 2. The molecule has 3 rings (SSSR count). The van der Waals surface area contributed by atoms with E-state index in [1.807, 2.05) is 20.0 Å². The van der Waals surface area contributed by atoms with Gasteiger partial charge in [0.25, 0.3) is 0 Å². The van der Waals surface area contributed by atoms with Crippen LogP contribution in [0.25, 0.3) is 10.8 Å². The van der Waals surface area contributed by atoms with Gasteiger partial charge < -0.3 is 20.1 Å². The van der Waals surface area contributed by atoms with Crippen molar-refractivity contribution in [1.29, 1.82) is 5.26 Å². The normalized spacial score (nSPS) is 12.0. The molecule has 47 heavy (non-hydrogen) atoms. The number of pyridine rings is 1. The minimum absolute atomic E-state index is 0. The van der Waals surface area contributed by atoms with Crippen LogP contribution < -0.4 is 16.0 Å². The molecule has 254 valence electrons. The predicted octanol–water partition coefficient (Wildman–Crippen LogP) is 5.63. The van der Waals surface area contributed by atoms with E-state index in [4.69, 9.17) is 21.6 Å². The highest BCUT2D eigenvalue weighted by Crippen LogP contribution is 2.22. The summed E-state index contributed by atoms with van der Waals surface area (Å²) < 4.78 is 33.0. The first-order valence-corrected chi connectivity index (χ1v) is 15.0. The quantitative estimate of drug-likeness (QED) is 0.0565. The summed E-state index contributed by atoms with van der Waals surface area (Å²) in [6, 6.07) is 9.62. The number of hydrogen-bond donors (Lipinski definition) is 4. The van der Waals surface area contributed by atoms with Gasteiger partial charge in [0.15, 0.2) is 6.19 Å². The molecule has 0 fully saturated rings. The molecule has 1 heterocycles. The minimum Gasteiger partial charge on any atom is -0.447 e. The number of nitriles is 1. The van der Waals surface area contributed by atoms with Crippen LogP contribution in [0.5, 0.6) is 0 Å². The van der Waals surface area contributed by atoms with Crippen LogP contribution in [0.4, 0.5) is 19.4 Å². The van der Waals surface area contributed by atoms with Gasteiger partial charge in [-0.25, -0.2) is 18.6 Å². The largest absolute Gasteiger partial charge is 0.447 e. The lowest BCUT2D eigenvalue weighted by molar-refractivity contribution is -0.132. The zero-order chi connectivity index (χ0) is 33.7. The highest BCUT2D eigenvalue weighted by atomic mass is 35.5. The minimum atomic E-state index is -0.807. The average Bonchev–Trinajstić information content (AvgIpc) is 3.03. The lowest BCUT2D eigenvalue weighted by Crippen LogP contribution is -2.42. The number of halogens is 3. The summed E-state index contributed by atoms with van der Waals surface area (Å²) in [6.45, 7) is 4.10. The monoisotopic (exact) mass is 673 g/mol. The van der Waals surface area contributed by atoms with Crippen molar-refractivity contribution in [3.05, 3.63) is 70.9 Å². The molecule has 14 heteroatoms.